The molecule has 1 heterocycles. The average Bonchev–Trinajstić information content (AvgIpc) is 2.76. The van der Waals surface area contributed by atoms with Gasteiger partial charge in [-0.25, -0.2) is 0 Å². The number of benzene rings is 1. The fraction of sp³-hybridized carbons (Fsp3) is 0.600. The molecule has 0 radical (unpaired) electrons. The second kappa shape index (κ2) is 6.54. The number of ether oxygens (including phenoxy) is 1. The summed E-state index contributed by atoms with van der Waals surface area (Å²) >= 11 is 0. The summed E-state index contributed by atoms with van der Waals surface area (Å²) in [6.45, 7) is 4.54. The molecule has 0 saturated carbocycles. The molecule has 5 heteroatoms. The van der Waals surface area contributed by atoms with Crippen LogP contribution >= 0.6 is 0 Å². The van der Waals surface area contributed by atoms with Crippen LogP contribution in [-0.2, 0) is 6.54 Å². The highest BCUT2D eigenvalue weighted by molar-refractivity contribution is 5.27. The smallest absolute Gasteiger partial charge is 0.119 e. The van der Waals surface area contributed by atoms with Gasteiger partial charge < -0.3 is 20.7 Å². The highest BCUT2D eigenvalue weighted by Gasteiger charge is 2.31. The molecular formula is C15H24N2O3. The average molecular weight is 280 g/mol. The Labute approximate surface area is 120 Å². The van der Waals surface area contributed by atoms with E-state index in [0.29, 0.717) is 19.6 Å². The zero-order valence-electron chi connectivity index (χ0n) is 12.0. The molecule has 1 aliphatic rings. The Hall–Kier alpha value is -1.14. The van der Waals surface area contributed by atoms with Crippen LogP contribution in [0.25, 0.3) is 0 Å². The van der Waals surface area contributed by atoms with Gasteiger partial charge in [-0.1, -0.05) is 12.1 Å². The zero-order valence-corrected chi connectivity index (χ0v) is 12.0. The number of nitrogens with two attached hydrogens (primary N) is 1. The van der Waals surface area contributed by atoms with Crippen molar-refractivity contribution in [2.24, 2.45) is 5.73 Å². The van der Waals surface area contributed by atoms with Gasteiger partial charge in [0, 0.05) is 26.2 Å². The third kappa shape index (κ3) is 4.45. The van der Waals surface area contributed by atoms with Crippen LogP contribution in [0.1, 0.15) is 18.9 Å². The van der Waals surface area contributed by atoms with Crippen LogP contribution in [0.15, 0.2) is 24.3 Å². The van der Waals surface area contributed by atoms with Crippen LogP contribution in [0.3, 0.4) is 0 Å². The fourth-order valence-corrected chi connectivity index (χ4v) is 2.46. The van der Waals surface area contributed by atoms with Crippen molar-refractivity contribution >= 4 is 0 Å². The lowest BCUT2D eigenvalue weighted by Gasteiger charge is -2.21. The van der Waals surface area contributed by atoms with Gasteiger partial charge >= 0.3 is 0 Å². The van der Waals surface area contributed by atoms with Crippen molar-refractivity contribution in [3.63, 3.8) is 0 Å². The van der Waals surface area contributed by atoms with E-state index in [0.717, 1.165) is 24.3 Å². The predicted molar refractivity (Wildman–Crippen MR) is 77.5 cm³/mol. The lowest BCUT2D eigenvalue weighted by molar-refractivity contribution is 0.0467. The van der Waals surface area contributed by atoms with Crippen LogP contribution in [-0.4, -0.2) is 53.1 Å². The summed E-state index contributed by atoms with van der Waals surface area (Å²) in [5.74, 6) is 0.731. The number of rotatable bonds is 6. The molecular weight excluding hydrogens is 256 g/mol. The van der Waals surface area contributed by atoms with Crippen LogP contribution in [0.4, 0.5) is 0 Å². The molecule has 1 aliphatic heterocycles. The third-order valence-corrected chi connectivity index (χ3v) is 3.60. The first-order valence-electron chi connectivity index (χ1n) is 7.03. The van der Waals surface area contributed by atoms with Crippen molar-refractivity contribution < 1.29 is 14.9 Å². The summed E-state index contributed by atoms with van der Waals surface area (Å²) in [5.41, 5.74) is 5.96. The highest BCUT2D eigenvalue weighted by atomic mass is 16.5. The summed E-state index contributed by atoms with van der Waals surface area (Å²) in [6, 6.07) is 7.55. The standard InChI is InChI=1S/C15H24N2O3/c1-15(19)6-7-17(11-15)9-13(18)10-20-14-4-2-12(8-16)3-5-14/h2-5,13,18-19H,6-11,16H2,1H3. The molecule has 0 bridgehead atoms. The summed E-state index contributed by atoms with van der Waals surface area (Å²) in [6.07, 6.45) is 0.194. The van der Waals surface area contributed by atoms with Gasteiger partial charge in [-0.3, -0.25) is 4.90 Å². The monoisotopic (exact) mass is 280 g/mol. The Morgan fingerprint density at radius 3 is 2.65 bits per heavy atom. The number of hydrogen-bond acceptors (Lipinski definition) is 5. The van der Waals surface area contributed by atoms with E-state index in [-0.39, 0.29) is 6.61 Å². The number of aliphatic hydroxyl groups excluding tert-OH is 1. The molecule has 0 aliphatic carbocycles. The van der Waals surface area contributed by atoms with E-state index in [1.54, 1.807) is 0 Å². The summed E-state index contributed by atoms with van der Waals surface area (Å²) < 4.78 is 5.55. The third-order valence-electron chi connectivity index (χ3n) is 3.60. The molecule has 0 spiro atoms. The largest absolute Gasteiger partial charge is 0.491 e. The lowest BCUT2D eigenvalue weighted by Crippen LogP contribution is -2.37. The molecule has 1 fully saturated rings. The Morgan fingerprint density at radius 1 is 1.40 bits per heavy atom. The van der Waals surface area contributed by atoms with Gasteiger partial charge in [-0.05, 0) is 31.0 Å². The fourth-order valence-electron chi connectivity index (χ4n) is 2.46. The number of β-amino-alcohol motifs (C(OH)–C–C–N with tert-alkyl or cyclic N) is 2. The predicted octanol–water partition coefficient (Wildman–Crippen LogP) is 0.342. The maximum absolute atomic E-state index is 9.97. The number of aliphatic hydroxyl groups is 2. The summed E-state index contributed by atoms with van der Waals surface area (Å²) in [5, 5.41) is 19.8. The molecule has 4 N–H and O–H groups in total. The minimum atomic E-state index is -0.626. The van der Waals surface area contributed by atoms with Gasteiger partial charge in [-0.2, -0.15) is 0 Å². The van der Waals surface area contributed by atoms with E-state index >= 15 is 0 Å². The Bertz CT molecular complexity index is 420. The zero-order chi connectivity index (χ0) is 14.6. The second-order valence-corrected chi connectivity index (χ2v) is 5.79. The first kappa shape index (κ1) is 15.3. The first-order valence-corrected chi connectivity index (χ1v) is 7.03. The van der Waals surface area contributed by atoms with Crippen molar-refractivity contribution in [2.45, 2.75) is 31.6 Å². The second-order valence-electron chi connectivity index (χ2n) is 5.79. The van der Waals surface area contributed by atoms with E-state index < -0.39 is 11.7 Å². The SMILES string of the molecule is CC1(O)CCN(CC(O)COc2ccc(CN)cc2)C1. The number of nitrogens with zero attached hydrogens (tertiary/aromatic N) is 1. The molecule has 1 aromatic carbocycles. The van der Waals surface area contributed by atoms with Crippen LogP contribution in [0.5, 0.6) is 5.75 Å². The normalized spacial score (nSPS) is 24.8. The van der Waals surface area contributed by atoms with Crippen LogP contribution in [0.2, 0.25) is 0 Å². The molecule has 2 rings (SSSR count). The Balaban J connectivity index is 1.73. The van der Waals surface area contributed by atoms with Crippen molar-refractivity contribution in [3.8, 4) is 5.75 Å². The van der Waals surface area contributed by atoms with E-state index in [1.165, 1.54) is 0 Å². The number of likely N-dealkylation sites (tertiary alicyclic amines) is 1. The molecule has 1 aromatic rings. The molecule has 20 heavy (non-hydrogen) atoms. The molecule has 0 amide bonds. The van der Waals surface area contributed by atoms with Gasteiger partial charge in [-0.15, -0.1) is 0 Å². The van der Waals surface area contributed by atoms with E-state index in [4.69, 9.17) is 10.5 Å². The topological polar surface area (TPSA) is 79.0 Å². The number of hydrogen-bond donors (Lipinski definition) is 3. The molecule has 0 aromatic heterocycles. The molecule has 2 atom stereocenters. The van der Waals surface area contributed by atoms with Gasteiger partial charge in [0.05, 0.1) is 5.60 Å². The summed E-state index contributed by atoms with van der Waals surface area (Å²) in [4.78, 5) is 2.06. The minimum absolute atomic E-state index is 0.251. The van der Waals surface area contributed by atoms with E-state index in [1.807, 2.05) is 31.2 Å². The van der Waals surface area contributed by atoms with Crippen LogP contribution < -0.4 is 10.5 Å². The highest BCUT2D eigenvalue weighted by Crippen LogP contribution is 2.20. The van der Waals surface area contributed by atoms with Gasteiger partial charge in [0.1, 0.15) is 18.5 Å². The lowest BCUT2D eigenvalue weighted by atomic mass is 10.1. The van der Waals surface area contributed by atoms with Gasteiger partial charge in [0.2, 0.25) is 0 Å². The molecule has 2 unspecified atom stereocenters. The van der Waals surface area contributed by atoms with Gasteiger partial charge in [0.15, 0.2) is 0 Å². The Morgan fingerprint density at radius 2 is 2.10 bits per heavy atom. The van der Waals surface area contributed by atoms with Crippen molar-refractivity contribution in [1.29, 1.82) is 0 Å². The van der Waals surface area contributed by atoms with E-state index in [2.05, 4.69) is 4.90 Å². The van der Waals surface area contributed by atoms with E-state index in [9.17, 15) is 10.2 Å². The first-order chi connectivity index (χ1) is 9.48. The van der Waals surface area contributed by atoms with Gasteiger partial charge in [0.25, 0.3) is 0 Å². The van der Waals surface area contributed by atoms with Crippen molar-refractivity contribution in [3.05, 3.63) is 29.8 Å². The molecule has 5 nitrogen and oxygen atoms in total. The maximum Gasteiger partial charge on any atom is 0.119 e. The quantitative estimate of drug-likeness (QED) is 0.700. The van der Waals surface area contributed by atoms with Crippen molar-refractivity contribution in [2.75, 3.05) is 26.2 Å². The molecule has 1 saturated heterocycles. The minimum Gasteiger partial charge on any atom is -0.491 e. The van der Waals surface area contributed by atoms with Crippen LogP contribution in [0, 0.1) is 0 Å². The molecule has 112 valence electrons. The Kier molecular flexibility index (Phi) is 4.99. The maximum atomic E-state index is 9.97. The van der Waals surface area contributed by atoms with Crippen molar-refractivity contribution in [1.82, 2.24) is 4.90 Å². The summed E-state index contributed by atoms with van der Waals surface area (Å²) in [7, 11) is 0.